The van der Waals surface area contributed by atoms with E-state index >= 15 is 0 Å². The molecule has 1 radical (unpaired) electrons. The Morgan fingerprint density at radius 1 is 1.00 bits per heavy atom. The minimum absolute atomic E-state index is 0.0197. The van der Waals surface area contributed by atoms with Crippen molar-refractivity contribution >= 4 is 8.32 Å². The predicted molar refractivity (Wildman–Crippen MR) is 110 cm³/mol. The summed E-state index contributed by atoms with van der Waals surface area (Å²) in [5.41, 5.74) is -0.256. The molecular formula is C21H40F3O2Si. The van der Waals surface area contributed by atoms with E-state index in [-0.39, 0.29) is 17.6 Å². The lowest BCUT2D eigenvalue weighted by Crippen LogP contribution is -2.43. The summed E-state index contributed by atoms with van der Waals surface area (Å²) in [5.74, 6) is 0. The van der Waals surface area contributed by atoms with Gasteiger partial charge in [-0.25, -0.2) is 0 Å². The van der Waals surface area contributed by atoms with Gasteiger partial charge in [0.15, 0.2) is 8.32 Å². The number of allylic oxidation sites excluding steroid dienone is 1. The third kappa shape index (κ3) is 17.5. The zero-order valence-corrected chi connectivity index (χ0v) is 19.5. The van der Waals surface area contributed by atoms with Gasteiger partial charge >= 0.3 is 6.18 Å². The van der Waals surface area contributed by atoms with Crippen LogP contribution in [0.5, 0.6) is 0 Å². The van der Waals surface area contributed by atoms with E-state index in [1.165, 1.54) is 0 Å². The molecule has 0 amide bonds. The molecule has 2 unspecified atom stereocenters. The highest BCUT2D eigenvalue weighted by Gasteiger charge is 2.38. The highest BCUT2D eigenvalue weighted by atomic mass is 28.4. The lowest BCUT2D eigenvalue weighted by molar-refractivity contribution is -0.131. The number of alkyl halides is 3. The maximum absolute atomic E-state index is 12.7. The van der Waals surface area contributed by atoms with E-state index in [9.17, 15) is 13.2 Å². The SMILES string of the molecule is CC(CC[Si](C)(CCC(F)(F)F)OC(C)(C)C)OCC/C=C/[CH]C(C)(C)C. The van der Waals surface area contributed by atoms with Crippen molar-refractivity contribution in [1.82, 2.24) is 0 Å². The molecule has 0 aliphatic heterocycles. The average Bonchev–Trinajstić information content (AvgIpc) is 2.43. The van der Waals surface area contributed by atoms with Crippen LogP contribution >= 0.6 is 0 Å². The summed E-state index contributed by atoms with van der Waals surface area (Å²) < 4.78 is 50.0. The van der Waals surface area contributed by atoms with Crippen molar-refractivity contribution < 1.29 is 22.3 Å². The molecular weight excluding hydrogens is 369 g/mol. The molecule has 0 fully saturated rings. The number of ether oxygens (including phenoxy) is 1. The van der Waals surface area contributed by atoms with E-state index in [4.69, 9.17) is 9.16 Å². The third-order valence-corrected chi connectivity index (χ3v) is 7.75. The zero-order valence-electron chi connectivity index (χ0n) is 18.5. The minimum Gasteiger partial charge on any atom is -0.412 e. The van der Waals surface area contributed by atoms with Gasteiger partial charge in [-0.1, -0.05) is 32.9 Å². The largest absolute Gasteiger partial charge is 0.412 e. The van der Waals surface area contributed by atoms with Gasteiger partial charge in [-0.3, -0.25) is 0 Å². The first-order valence-electron chi connectivity index (χ1n) is 9.91. The lowest BCUT2D eigenvalue weighted by atomic mass is 9.92. The number of halogens is 3. The average molecular weight is 410 g/mol. The standard InChI is InChI=1S/C21H40F3O2Si/c1-18(25-15-11-9-10-13-19(2,3)4)12-16-27(8,26-20(5,6)7)17-14-21(22,23)24/h9-10,13,18H,11-12,14-17H2,1-8H3/b10-9+. The van der Waals surface area contributed by atoms with Gasteiger partial charge in [0.25, 0.3) is 0 Å². The van der Waals surface area contributed by atoms with E-state index in [0.29, 0.717) is 12.7 Å². The van der Waals surface area contributed by atoms with Gasteiger partial charge in [0.05, 0.1) is 12.7 Å². The Balaban J connectivity index is 4.39. The Bertz CT molecular complexity index is 436. The fourth-order valence-electron chi connectivity index (χ4n) is 2.75. The van der Waals surface area contributed by atoms with Crippen LogP contribution in [0.1, 0.15) is 67.7 Å². The van der Waals surface area contributed by atoms with Gasteiger partial charge in [0.2, 0.25) is 0 Å². The van der Waals surface area contributed by atoms with Crippen molar-refractivity contribution in [3.8, 4) is 0 Å². The minimum atomic E-state index is -4.13. The maximum Gasteiger partial charge on any atom is 0.388 e. The molecule has 0 aliphatic rings. The summed E-state index contributed by atoms with van der Waals surface area (Å²) in [5, 5.41) is 0. The number of rotatable bonds is 11. The monoisotopic (exact) mass is 409 g/mol. The Morgan fingerprint density at radius 2 is 1.59 bits per heavy atom. The summed E-state index contributed by atoms with van der Waals surface area (Å²) in [7, 11) is -2.46. The van der Waals surface area contributed by atoms with Crippen molar-refractivity contribution in [1.29, 1.82) is 0 Å². The first-order valence-corrected chi connectivity index (χ1v) is 12.7. The maximum atomic E-state index is 12.7. The van der Waals surface area contributed by atoms with Gasteiger partial charge < -0.3 is 9.16 Å². The first-order chi connectivity index (χ1) is 12.0. The van der Waals surface area contributed by atoms with E-state index in [1.54, 1.807) is 0 Å². The molecule has 0 spiro atoms. The van der Waals surface area contributed by atoms with Crippen molar-refractivity contribution in [2.24, 2.45) is 5.41 Å². The van der Waals surface area contributed by atoms with Crippen LogP contribution in [0.15, 0.2) is 12.2 Å². The molecule has 2 atom stereocenters. The van der Waals surface area contributed by atoms with Crippen molar-refractivity contribution in [3.63, 3.8) is 0 Å². The molecule has 0 heterocycles. The fourth-order valence-corrected chi connectivity index (χ4v) is 6.52. The second kappa shape index (κ2) is 11.0. The summed E-state index contributed by atoms with van der Waals surface area (Å²) >= 11 is 0. The molecule has 0 bridgehead atoms. The fraction of sp³-hybridized carbons (Fsp3) is 0.857. The van der Waals surface area contributed by atoms with E-state index < -0.39 is 26.5 Å². The van der Waals surface area contributed by atoms with Crippen LogP contribution in [-0.4, -0.2) is 32.8 Å². The summed E-state index contributed by atoms with van der Waals surface area (Å²) in [6.45, 7) is 16.7. The highest BCUT2D eigenvalue weighted by molar-refractivity contribution is 6.72. The Labute approximate surface area is 166 Å². The quantitative estimate of drug-likeness (QED) is 0.263. The van der Waals surface area contributed by atoms with Gasteiger partial charge in [-0.2, -0.15) is 13.2 Å². The topological polar surface area (TPSA) is 18.5 Å². The van der Waals surface area contributed by atoms with Gasteiger partial charge in [0.1, 0.15) is 0 Å². The number of hydrogen-bond donors (Lipinski definition) is 0. The molecule has 0 aromatic carbocycles. The van der Waals surface area contributed by atoms with E-state index in [1.807, 2.05) is 34.2 Å². The van der Waals surface area contributed by atoms with E-state index in [2.05, 4.69) is 39.3 Å². The van der Waals surface area contributed by atoms with Crippen LogP contribution in [0, 0.1) is 11.8 Å². The molecule has 0 aromatic heterocycles. The van der Waals surface area contributed by atoms with Crippen LogP contribution < -0.4 is 0 Å². The second-order valence-electron chi connectivity index (χ2n) is 9.75. The summed E-state index contributed by atoms with van der Waals surface area (Å²) in [6.07, 6.45) is 2.98. The third-order valence-electron chi connectivity index (χ3n) is 3.99. The summed E-state index contributed by atoms with van der Waals surface area (Å²) in [6, 6.07) is 0.779. The molecule has 0 saturated carbocycles. The van der Waals surface area contributed by atoms with Gasteiger partial charge in [0, 0.05) is 12.0 Å². The molecule has 161 valence electrons. The van der Waals surface area contributed by atoms with Crippen molar-refractivity contribution in [3.05, 3.63) is 18.6 Å². The smallest absolute Gasteiger partial charge is 0.388 e. The molecule has 6 heteroatoms. The number of hydrogen-bond acceptors (Lipinski definition) is 2. The van der Waals surface area contributed by atoms with Gasteiger partial charge in [-0.15, -0.1) is 0 Å². The van der Waals surface area contributed by atoms with E-state index in [0.717, 1.165) is 12.8 Å². The van der Waals surface area contributed by atoms with Gasteiger partial charge in [-0.05, 0) is 71.0 Å². The molecule has 0 aliphatic carbocycles. The van der Waals surface area contributed by atoms with Crippen molar-refractivity contribution in [2.45, 2.75) is 104 Å². The zero-order chi connectivity index (χ0) is 21.4. The van der Waals surface area contributed by atoms with Crippen LogP contribution in [0.25, 0.3) is 0 Å². The van der Waals surface area contributed by atoms with Crippen LogP contribution in [0.2, 0.25) is 18.6 Å². The summed E-state index contributed by atoms with van der Waals surface area (Å²) in [4.78, 5) is 0. The molecule has 27 heavy (non-hydrogen) atoms. The van der Waals surface area contributed by atoms with Crippen molar-refractivity contribution in [2.75, 3.05) is 6.61 Å². The Hall–Kier alpha value is -0.333. The molecule has 0 rings (SSSR count). The molecule has 0 aromatic rings. The second-order valence-corrected chi connectivity index (χ2v) is 13.9. The Morgan fingerprint density at radius 3 is 2.07 bits per heavy atom. The highest BCUT2D eigenvalue weighted by Crippen LogP contribution is 2.32. The van der Waals surface area contributed by atoms with Crippen LogP contribution in [-0.2, 0) is 9.16 Å². The molecule has 0 saturated heterocycles. The normalized spacial score (nSPS) is 17.3. The predicted octanol–water partition coefficient (Wildman–Crippen LogP) is 7.32. The van der Waals surface area contributed by atoms with Crippen LogP contribution in [0.3, 0.4) is 0 Å². The Kier molecular flexibility index (Phi) is 10.9. The lowest BCUT2D eigenvalue weighted by Gasteiger charge is -2.36. The molecule has 2 nitrogen and oxygen atoms in total. The first kappa shape index (κ1) is 26.7. The van der Waals surface area contributed by atoms with Crippen LogP contribution in [0.4, 0.5) is 13.2 Å². The molecule has 0 N–H and O–H groups in total.